The van der Waals surface area contributed by atoms with Crippen molar-refractivity contribution in [1.29, 1.82) is 0 Å². The van der Waals surface area contributed by atoms with Gasteiger partial charge in [-0.3, -0.25) is 4.79 Å². The molecule has 1 aliphatic carbocycles. The number of rotatable bonds is 3. The number of H-pyrrole nitrogens is 1. The number of aromatic amines is 1. The molecule has 5 heteroatoms. The highest BCUT2D eigenvalue weighted by Gasteiger charge is 2.32. The van der Waals surface area contributed by atoms with Crippen molar-refractivity contribution < 1.29 is 5.11 Å². The SMILES string of the molecule is CCCc1c(O)nc(C2(N)CCCCC2)[nH]c1=O. The molecule has 0 amide bonds. The van der Waals surface area contributed by atoms with Crippen LogP contribution >= 0.6 is 0 Å². The Labute approximate surface area is 106 Å². The van der Waals surface area contributed by atoms with Gasteiger partial charge in [0.15, 0.2) is 0 Å². The van der Waals surface area contributed by atoms with Crippen LogP contribution in [0.2, 0.25) is 0 Å². The number of aromatic nitrogens is 2. The van der Waals surface area contributed by atoms with Crippen molar-refractivity contribution in [3.63, 3.8) is 0 Å². The van der Waals surface area contributed by atoms with Crippen molar-refractivity contribution in [1.82, 2.24) is 9.97 Å². The maximum absolute atomic E-state index is 11.9. The molecular weight excluding hydrogens is 230 g/mol. The molecule has 4 N–H and O–H groups in total. The molecule has 1 heterocycles. The summed E-state index contributed by atoms with van der Waals surface area (Å²) in [4.78, 5) is 18.8. The summed E-state index contributed by atoms with van der Waals surface area (Å²) in [5, 5.41) is 9.86. The molecule has 0 radical (unpaired) electrons. The van der Waals surface area contributed by atoms with E-state index in [2.05, 4.69) is 9.97 Å². The van der Waals surface area contributed by atoms with Crippen molar-refractivity contribution >= 4 is 0 Å². The van der Waals surface area contributed by atoms with Crippen LogP contribution in [0.1, 0.15) is 56.8 Å². The van der Waals surface area contributed by atoms with Gasteiger partial charge in [-0.05, 0) is 19.3 Å². The molecule has 0 saturated heterocycles. The third kappa shape index (κ3) is 2.41. The van der Waals surface area contributed by atoms with E-state index in [0.717, 1.165) is 32.1 Å². The van der Waals surface area contributed by atoms with Gasteiger partial charge in [0.2, 0.25) is 5.88 Å². The van der Waals surface area contributed by atoms with Crippen molar-refractivity contribution in [2.45, 2.75) is 57.4 Å². The molecule has 0 aliphatic heterocycles. The minimum atomic E-state index is -0.584. The van der Waals surface area contributed by atoms with Gasteiger partial charge in [0.05, 0.1) is 11.1 Å². The lowest BCUT2D eigenvalue weighted by Crippen LogP contribution is -2.41. The Morgan fingerprint density at radius 2 is 2.06 bits per heavy atom. The lowest BCUT2D eigenvalue weighted by atomic mass is 9.82. The van der Waals surface area contributed by atoms with Crippen LogP contribution in [-0.4, -0.2) is 15.1 Å². The van der Waals surface area contributed by atoms with E-state index >= 15 is 0 Å². The Morgan fingerprint density at radius 1 is 1.39 bits per heavy atom. The lowest BCUT2D eigenvalue weighted by Gasteiger charge is -2.32. The molecule has 1 fully saturated rings. The highest BCUT2D eigenvalue weighted by Crippen LogP contribution is 2.33. The minimum Gasteiger partial charge on any atom is -0.493 e. The van der Waals surface area contributed by atoms with Crippen LogP contribution in [-0.2, 0) is 12.0 Å². The summed E-state index contributed by atoms with van der Waals surface area (Å²) >= 11 is 0. The topological polar surface area (TPSA) is 92.0 Å². The molecule has 1 aliphatic rings. The van der Waals surface area contributed by atoms with Crippen LogP contribution in [0.5, 0.6) is 5.88 Å². The first-order valence-corrected chi connectivity index (χ1v) is 6.68. The molecule has 18 heavy (non-hydrogen) atoms. The second-order valence-corrected chi connectivity index (χ2v) is 5.18. The maximum Gasteiger partial charge on any atom is 0.257 e. The van der Waals surface area contributed by atoms with Crippen LogP contribution in [0.3, 0.4) is 0 Å². The van der Waals surface area contributed by atoms with Crippen molar-refractivity contribution in [3.05, 3.63) is 21.7 Å². The number of nitrogens with one attached hydrogen (secondary N) is 1. The number of nitrogens with two attached hydrogens (primary N) is 1. The monoisotopic (exact) mass is 251 g/mol. The van der Waals surface area contributed by atoms with Crippen LogP contribution < -0.4 is 11.3 Å². The molecule has 0 aromatic carbocycles. The summed E-state index contributed by atoms with van der Waals surface area (Å²) in [6.45, 7) is 1.96. The smallest absolute Gasteiger partial charge is 0.257 e. The van der Waals surface area contributed by atoms with Gasteiger partial charge in [-0.25, -0.2) is 0 Å². The quantitative estimate of drug-likeness (QED) is 0.760. The molecule has 5 nitrogen and oxygen atoms in total. The average molecular weight is 251 g/mol. The zero-order chi connectivity index (χ0) is 13.2. The van der Waals surface area contributed by atoms with E-state index in [1.165, 1.54) is 6.42 Å². The molecule has 100 valence electrons. The van der Waals surface area contributed by atoms with Gasteiger partial charge in [0, 0.05) is 0 Å². The molecular formula is C13H21N3O2. The third-order valence-corrected chi connectivity index (χ3v) is 3.71. The Kier molecular flexibility index (Phi) is 3.71. The standard InChI is InChI=1S/C13H21N3O2/c1-2-6-9-10(17)15-12(16-11(9)18)13(14)7-4-3-5-8-13/h2-8,14H2,1H3,(H2,15,16,17,18). The van der Waals surface area contributed by atoms with Gasteiger partial charge < -0.3 is 15.8 Å². The first kappa shape index (κ1) is 13.1. The molecule has 1 aromatic heterocycles. The molecule has 2 rings (SSSR count). The summed E-state index contributed by atoms with van der Waals surface area (Å²) in [6, 6.07) is 0. The summed E-state index contributed by atoms with van der Waals surface area (Å²) < 4.78 is 0. The number of aromatic hydroxyl groups is 1. The third-order valence-electron chi connectivity index (χ3n) is 3.71. The van der Waals surface area contributed by atoms with Crippen molar-refractivity contribution in [3.8, 4) is 5.88 Å². The van der Waals surface area contributed by atoms with Gasteiger partial charge in [-0.2, -0.15) is 4.98 Å². The highest BCUT2D eigenvalue weighted by atomic mass is 16.3. The van der Waals surface area contributed by atoms with Gasteiger partial charge in [-0.1, -0.05) is 32.6 Å². The zero-order valence-electron chi connectivity index (χ0n) is 10.8. The van der Waals surface area contributed by atoms with E-state index in [1.807, 2.05) is 6.92 Å². The fourth-order valence-electron chi connectivity index (χ4n) is 2.62. The fourth-order valence-corrected chi connectivity index (χ4v) is 2.62. The fraction of sp³-hybridized carbons (Fsp3) is 0.692. The van der Waals surface area contributed by atoms with E-state index < -0.39 is 5.54 Å². The molecule has 1 aromatic rings. The minimum absolute atomic E-state index is 0.161. The van der Waals surface area contributed by atoms with Crippen molar-refractivity contribution in [2.24, 2.45) is 5.73 Å². The van der Waals surface area contributed by atoms with E-state index in [0.29, 0.717) is 17.8 Å². The van der Waals surface area contributed by atoms with Gasteiger partial charge in [0.1, 0.15) is 5.82 Å². The average Bonchev–Trinajstić information content (AvgIpc) is 2.34. The zero-order valence-corrected chi connectivity index (χ0v) is 10.8. The first-order valence-electron chi connectivity index (χ1n) is 6.68. The Hall–Kier alpha value is -1.36. The van der Waals surface area contributed by atoms with Gasteiger partial charge in [-0.15, -0.1) is 0 Å². The van der Waals surface area contributed by atoms with Gasteiger partial charge in [0.25, 0.3) is 5.56 Å². The van der Waals surface area contributed by atoms with Crippen LogP contribution in [0.15, 0.2) is 4.79 Å². The Bertz CT molecular complexity index is 476. The largest absolute Gasteiger partial charge is 0.493 e. The summed E-state index contributed by atoms with van der Waals surface area (Å²) in [6.07, 6.45) is 6.20. The lowest BCUT2D eigenvalue weighted by molar-refractivity contribution is 0.282. The maximum atomic E-state index is 11.9. The predicted molar refractivity (Wildman–Crippen MR) is 69.5 cm³/mol. The Morgan fingerprint density at radius 3 is 2.61 bits per heavy atom. The van der Waals surface area contributed by atoms with E-state index in [1.54, 1.807) is 0 Å². The molecule has 0 spiro atoms. The van der Waals surface area contributed by atoms with E-state index in [4.69, 9.17) is 5.73 Å². The highest BCUT2D eigenvalue weighted by molar-refractivity contribution is 5.24. The van der Waals surface area contributed by atoms with Crippen molar-refractivity contribution in [2.75, 3.05) is 0 Å². The normalized spacial score (nSPS) is 18.8. The van der Waals surface area contributed by atoms with Crippen LogP contribution in [0.25, 0.3) is 0 Å². The molecule has 0 atom stereocenters. The van der Waals surface area contributed by atoms with Gasteiger partial charge >= 0.3 is 0 Å². The predicted octanol–water partition coefficient (Wildman–Crippen LogP) is 1.55. The molecule has 0 bridgehead atoms. The summed E-state index contributed by atoms with van der Waals surface area (Å²) in [5.74, 6) is 0.274. The number of nitrogens with zero attached hydrogens (tertiary/aromatic N) is 1. The van der Waals surface area contributed by atoms with E-state index in [9.17, 15) is 9.90 Å². The Balaban J connectivity index is 2.38. The van der Waals surface area contributed by atoms with Crippen LogP contribution in [0.4, 0.5) is 0 Å². The second-order valence-electron chi connectivity index (χ2n) is 5.18. The van der Waals surface area contributed by atoms with Crippen LogP contribution in [0, 0.1) is 0 Å². The summed E-state index contributed by atoms with van der Waals surface area (Å²) in [7, 11) is 0. The summed E-state index contributed by atoms with van der Waals surface area (Å²) in [5.41, 5.74) is 5.82. The first-order chi connectivity index (χ1) is 8.57. The number of hydrogen-bond donors (Lipinski definition) is 3. The number of hydrogen-bond acceptors (Lipinski definition) is 4. The molecule has 1 saturated carbocycles. The second kappa shape index (κ2) is 5.10. The van der Waals surface area contributed by atoms with E-state index in [-0.39, 0.29) is 11.4 Å². The molecule has 0 unspecified atom stereocenters.